The number of likely N-dealkylation sites (tertiary alicyclic amines) is 2. The van der Waals surface area contributed by atoms with Gasteiger partial charge in [-0.3, -0.25) is 19.3 Å². The first-order valence-corrected chi connectivity index (χ1v) is 13.0. The Morgan fingerprint density at radius 2 is 1.94 bits per heavy atom. The first-order chi connectivity index (χ1) is 17.3. The van der Waals surface area contributed by atoms with Crippen LogP contribution in [0.4, 0.5) is 8.78 Å². The monoisotopic (exact) mass is 498 g/mol. The lowest BCUT2D eigenvalue weighted by Crippen LogP contribution is -2.45. The summed E-state index contributed by atoms with van der Waals surface area (Å²) in [6.07, 6.45) is 5.67. The van der Waals surface area contributed by atoms with Crippen LogP contribution in [0.2, 0.25) is 0 Å². The maximum absolute atomic E-state index is 14.0. The topological polar surface area (TPSA) is 74.6 Å². The van der Waals surface area contributed by atoms with Crippen molar-refractivity contribution in [3.63, 3.8) is 0 Å². The highest BCUT2D eigenvalue weighted by atomic mass is 19.3. The van der Waals surface area contributed by atoms with Crippen LogP contribution < -0.4 is 0 Å². The van der Waals surface area contributed by atoms with Crippen LogP contribution in [0.15, 0.2) is 18.3 Å². The SMILES string of the molecule is Cn1nc2c(c1C(=O)N1CC3CC1CC3(F)F)CN(C(=O)c1ccc(CCN3CCCC3)nc1)CC2. The van der Waals surface area contributed by atoms with Gasteiger partial charge in [0.25, 0.3) is 17.7 Å². The molecule has 1 aliphatic carbocycles. The van der Waals surface area contributed by atoms with Gasteiger partial charge in [-0.25, -0.2) is 8.78 Å². The summed E-state index contributed by atoms with van der Waals surface area (Å²) in [6, 6.07) is 3.33. The molecule has 6 rings (SSSR count). The molecule has 192 valence electrons. The largest absolute Gasteiger partial charge is 0.334 e. The van der Waals surface area contributed by atoms with Crippen LogP contribution in [0.25, 0.3) is 0 Å². The van der Waals surface area contributed by atoms with Crippen LogP contribution in [-0.4, -0.2) is 86.0 Å². The minimum atomic E-state index is -2.69. The van der Waals surface area contributed by atoms with Crippen molar-refractivity contribution < 1.29 is 18.4 Å². The number of alkyl halides is 2. The first-order valence-electron chi connectivity index (χ1n) is 13.0. The number of fused-ring (bicyclic) bond motifs is 3. The van der Waals surface area contributed by atoms with Crippen molar-refractivity contribution in [2.45, 2.75) is 57.0 Å². The summed E-state index contributed by atoms with van der Waals surface area (Å²) in [4.78, 5) is 37.0. The Bertz CT molecular complexity index is 1170. The molecule has 2 aromatic heterocycles. The van der Waals surface area contributed by atoms with Crippen molar-refractivity contribution in [2.24, 2.45) is 13.0 Å². The van der Waals surface area contributed by atoms with Gasteiger partial charge in [0.2, 0.25) is 0 Å². The van der Waals surface area contributed by atoms with Crippen molar-refractivity contribution in [1.82, 2.24) is 29.5 Å². The van der Waals surface area contributed by atoms with Gasteiger partial charge in [-0.15, -0.1) is 0 Å². The molecule has 8 nitrogen and oxygen atoms in total. The van der Waals surface area contributed by atoms with E-state index in [4.69, 9.17) is 0 Å². The van der Waals surface area contributed by atoms with Gasteiger partial charge in [-0.2, -0.15) is 5.10 Å². The van der Waals surface area contributed by atoms with Crippen molar-refractivity contribution in [1.29, 1.82) is 0 Å². The summed E-state index contributed by atoms with van der Waals surface area (Å²) < 4.78 is 29.6. The number of hydrogen-bond acceptors (Lipinski definition) is 5. The predicted octanol–water partition coefficient (Wildman–Crippen LogP) is 2.52. The van der Waals surface area contributed by atoms with Gasteiger partial charge < -0.3 is 14.7 Å². The molecule has 2 amide bonds. The van der Waals surface area contributed by atoms with E-state index in [0.717, 1.165) is 43.0 Å². The summed E-state index contributed by atoms with van der Waals surface area (Å²) in [5.74, 6) is -3.83. The fraction of sp³-hybridized carbons (Fsp3) is 0.615. The zero-order chi connectivity index (χ0) is 25.0. The van der Waals surface area contributed by atoms with Gasteiger partial charge in [0.1, 0.15) is 5.69 Å². The number of hydrogen-bond donors (Lipinski definition) is 0. The van der Waals surface area contributed by atoms with E-state index in [9.17, 15) is 18.4 Å². The molecule has 2 atom stereocenters. The predicted molar refractivity (Wildman–Crippen MR) is 128 cm³/mol. The van der Waals surface area contributed by atoms with Crippen LogP contribution >= 0.6 is 0 Å². The molecule has 2 bridgehead atoms. The Kier molecular flexibility index (Phi) is 5.81. The number of halogens is 2. The maximum atomic E-state index is 14.0. The Morgan fingerprint density at radius 3 is 2.61 bits per heavy atom. The molecule has 2 aromatic rings. The molecule has 0 aromatic carbocycles. The van der Waals surface area contributed by atoms with Crippen molar-refractivity contribution in [3.05, 3.63) is 46.5 Å². The fourth-order valence-electron chi connectivity index (χ4n) is 6.38. The molecule has 1 saturated carbocycles. The summed E-state index contributed by atoms with van der Waals surface area (Å²) in [6.45, 7) is 4.15. The van der Waals surface area contributed by atoms with E-state index in [2.05, 4.69) is 15.0 Å². The van der Waals surface area contributed by atoms with Gasteiger partial charge in [-0.05, 0) is 44.5 Å². The molecule has 0 N–H and O–H groups in total. The van der Waals surface area contributed by atoms with Crippen LogP contribution in [0.3, 0.4) is 0 Å². The van der Waals surface area contributed by atoms with Crippen molar-refractivity contribution in [2.75, 3.05) is 32.7 Å². The summed E-state index contributed by atoms with van der Waals surface area (Å²) in [5.41, 5.74) is 3.44. The maximum Gasteiger partial charge on any atom is 0.272 e. The van der Waals surface area contributed by atoms with E-state index in [1.54, 1.807) is 27.7 Å². The van der Waals surface area contributed by atoms with Crippen molar-refractivity contribution >= 4 is 11.8 Å². The second kappa shape index (κ2) is 8.90. The number of rotatable bonds is 5. The molecular weight excluding hydrogens is 466 g/mol. The molecule has 2 unspecified atom stereocenters. The molecule has 10 heteroatoms. The Morgan fingerprint density at radius 1 is 1.14 bits per heavy atom. The van der Waals surface area contributed by atoms with E-state index < -0.39 is 17.9 Å². The van der Waals surface area contributed by atoms with Gasteiger partial charge in [0, 0.05) is 75.4 Å². The molecule has 2 saturated heterocycles. The molecule has 4 aliphatic rings. The average molecular weight is 499 g/mol. The number of carbonyl (C=O) groups excluding carboxylic acids is 2. The second-order valence-electron chi connectivity index (χ2n) is 10.7. The minimum Gasteiger partial charge on any atom is -0.334 e. The minimum absolute atomic E-state index is 0.0783. The molecule has 36 heavy (non-hydrogen) atoms. The number of carbonyl (C=O) groups is 2. The van der Waals surface area contributed by atoms with E-state index in [0.29, 0.717) is 30.6 Å². The van der Waals surface area contributed by atoms with Gasteiger partial charge in [-0.1, -0.05) is 0 Å². The smallest absolute Gasteiger partial charge is 0.272 e. The zero-order valence-electron chi connectivity index (χ0n) is 20.6. The van der Waals surface area contributed by atoms with Gasteiger partial charge in [0.15, 0.2) is 0 Å². The lowest BCUT2D eigenvalue weighted by molar-refractivity contribution is -0.0623. The van der Waals surface area contributed by atoms with Gasteiger partial charge >= 0.3 is 0 Å². The highest BCUT2D eigenvalue weighted by Crippen LogP contribution is 2.48. The van der Waals surface area contributed by atoms with E-state index in [1.807, 2.05) is 12.1 Å². The summed E-state index contributed by atoms with van der Waals surface area (Å²) >= 11 is 0. The van der Waals surface area contributed by atoms with Crippen molar-refractivity contribution in [3.8, 4) is 0 Å². The third-order valence-electron chi connectivity index (χ3n) is 8.42. The standard InChI is InChI=1S/C26H32F2N6O2/c1-31-23(25(36)34-15-18-12-20(34)13-26(18,27)28)21-16-33(11-7-22(21)30-31)24(35)17-4-5-19(29-14-17)6-10-32-8-2-3-9-32/h4-5,14,18,20H,2-3,6-13,15-16H2,1H3. The number of aryl methyl sites for hydroxylation is 1. The highest BCUT2D eigenvalue weighted by Gasteiger charge is 2.57. The van der Waals surface area contributed by atoms with Gasteiger partial charge in [0.05, 0.1) is 17.8 Å². The second-order valence-corrected chi connectivity index (χ2v) is 10.7. The third-order valence-corrected chi connectivity index (χ3v) is 8.42. The number of nitrogens with zero attached hydrogens (tertiary/aromatic N) is 6. The van der Waals surface area contributed by atoms with E-state index >= 15 is 0 Å². The van der Waals surface area contributed by atoms with Crippen LogP contribution in [0.5, 0.6) is 0 Å². The Labute approximate surface area is 209 Å². The van der Waals surface area contributed by atoms with Crippen LogP contribution in [-0.2, 0) is 26.4 Å². The number of amides is 2. The van der Waals surface area contributed by atoms with Crippen LogP contribution in [0.1, 0.15) is 63.5 Å². The zero-order valence-corrected chi connectivity index (χ0v) is 20.6. The molecule has 3 aliphatic heterocycles. The molecule has 0 spiro atoms. The highest BCUT2D eigenvalue weighted by molar-refractivity contribution is 5.96. The van der Waals surface area contributed by atoms with Crippen LogP contribution in [0, 0.1) is 5.92 Å². The van der Waals surface area contributed by atoms with E-state index in [1.165, 1.54) is 12.8 Å². The number of piperidine rings is 1. The third kappa shape index (κ3) is 4.09. The molecular formula is C26H32F2N6O2. The Hall–Kier alpha value is -2.88. The quantitative estimate of drug-likeness (QED) is 0.634. The van der Waals surface area contributed by atoms with E-state index in [-0.39, 0.29) is 31.3 Å². The number of aromatic nitrogens is 3. The summed E-state index contributed by atoms with van der Waals surface area (Å²) in [7, 11) is 1.71. The molecule has 3 fully saturated rings. The average Bonchev–Trinajstić information content (AvgIpc) is 3.64. The molecule has 5 heterocycles. The molecule has 0 radical (unpaired) electrons. The Balaban J connectivity index is 1.14. The first kappa shape index (κ1) is 23.5. The lowest BCUT2D eigenvalue weighted by atomic mass is 10.0. The summed E-state index contributed by atoms with van der Waals surface area (Å²) in [5, 5.41) is 4.53. The fourth-order valence-corrected chi connectivity index (χ4v) is 6.38. The number of pyridine rings is 1. The normalized spacial score (nSPS) is 25.0. The lowest BCUT2D eigenvalue weighted by Gasteiger charge is -2.32.